The van der Waals surface area contributed by atoms with Crippen LogP contribution in [0, 0.1) is 0 Å². The van der Waals surface area contributed by atoms with Gasteiger partial charge in [0, 0.05) is 0 Å². The van der Waals surface area contributed by atoms with Gasteiger partial charge in [0.1, 0.15) is 11.4 Å². The van der Waals surface area contributed by atoms with Crippen LogP contribution in [0.15, 0.2) is 24.3 Å². The molecule has 0 saturated carbocycles. The van der Waals surface area contributed by atoms with E-state index < -0.39 is 5.60 Å². The summed E-state index contributed by atoms with van der Waals surface area (Å²) in [6.45, 7) is 3.56. The van der Waals surface area contributed by atoms with E-state index in [1.807, 2.05) is 24.3 Å². The summed E-state index contributed by atoms with van der Waals surface area (Å²) in [6, 6.07) is 7.40. The standard InChI is InChI=1S/C10H14O3/c1-10(2,13-11)8-5-4-6-9(7-8)12-3/h4-7,11H,1-3H3. The number of methoxy groups -OCH3 is 1. The molecule has 0 fully saturated rings. The highest BCUT2D eigenvalue weighted by molar-refractivity contribution is 5.31. The van der Waals surface area contributed by atoms with E-state index in [0.29, 0.717) is 0 Å². The Kier molecular flexibility index (Phi) is 2.90. The molecule has 0 atom stereocenters. The molecule has 13 heavy (non-hydrogen) atoms. The molecule has 1 aromatic rings. The topological polar surface area (TPSA) is 38.7 Å². The highest BCUT2D eigenvalue weighted by atomic mass is 17.1. The summed E-state index contributed by atoms with van der Waals surface area (Å²) in [4.78, 5) is 4.37. The minimum Gasteiger partial charge on any atom is -0.497 e. The Morgan fingerprint density at radius 1 is 1.31 bits per heavy atom. The Balaban J connectivity index is 3.01. The molecule has 0 spiro atoms. The molecule has 0 radical (unpaired) electrons. The molecule has 0 aliphatic rings. The Bertz CT molecular complexity index is 281. The maximum atomic E-state index is 8.67. The van der Waals surface area contributed by atoms with Crippen molar-refractivity contribution >= 4 is 0 Å². The van der Waals surface area contributed by atoms with Crippen LogP contribution in [0.5, 0.6) is 5.75 Å². The summed E-state index contributed by atoms with van der Waals surface area (Å²) < 4.78 is 5.06. The van der Waals surface area contributed by atoms with Crippen LogP contribution in [0.2, 0.25) is 0 Å². The predicted molar refractivity (Wildman–Crippen MR) is 49.7 cm³/mol. The lowest BCUT2D eigenvalue weighted by Gasteiger charge is -2.21. The molecule has 0 aromatic heterocycles. The van der Waals surface area contributed by atoms with Crippen LogP contribution in [0.1, 0.15) is 19.4 Å². The zero-order valence-corrected chi connectivity index (χ0v) is 8.07. The fourth-order valence-electron chi connectivity index (χ4n) is 1.05. The van der Waals surface area contributed by atoms with E-state index in [1.165, 1.54) is 0 Å². The van der Waals surface area contributed by atoms with E-state index >= 15 is 0 Å². The Labute approximate surface area is 77.8 Å². The van der Waals surface area contributed by atoms with E-state index in [1.54, 1.807) is 21.0 Å². The third-order valence-corrected chi connectivity index (χ3v) is 1.99. The largest absolute Gasteiger partial charge is 0.497 e. The summed E-state index contributed by atoms with van der Waals surface area (Å²) in [6.07, 6.45) is 0. The normalized spacial score (nSPS) is 11.4. The van der Waals surface area contributed by atoms with Gasteiger partial charge in [0.2, 0.25) is 0 Å². The van der Waals surface area contributed by atoms with Gasteiger partial charge in [0.15, 0.2) is 0 Å². The molecule has 0 amide bonds. The first-order valence-electron chi connectivity index (χ1n) is 4.07. The van der Waals surface area contributed by atoms with Crippen molar-refractivity contribution in [1.29, 1.82) is 0 Å². The van der Waals surface area contributed by atoms with Gasteiger partial charge in [0.05, 0.1) is 7.11 Å². The van der Waals surface area contributed by atoms with Gasteiger partial charge in [-0.3, -0.25) is 5.26 Å². The highest BCUT2D eigenvalue weighted by Gasteiger charge is 2.21. The van der Waals surface area contributed by atoms with Gasteiger partial charge in [0.25, 0.3) is 0 Å². The predicted octanol–water partition coefficient (Wildman–Crippen LogP) is 2.42. The first kappa shape index (κ1) is 10.0. The SMILES string of the molecule is COc1cccc(C(C)(C)OO)c1. The van der Waals surface area contributed by atoms with Crippen molar-refractivity contribution in [3.05, 3.63) is 29.8 Å². The Morgan fingerprint density at radius 3 is 2.54 bits per heavy atom. The summed E-state index contributed by atoms with van der Waals surface area (Å²) >= 11 is 0. The second-order valence-electron chi connectivity index (χ2n) is 3.33. The van der Waals surface area contributed by atoms with Crippen molar-refractivity contribution in [3.8, 4) is 5.75 Å². The number of benzene rings is 1. The number of hydrogen-bond donors (Lipinski definition) is 1. The van der Waals surface area contributed by atoms with Crippen molar-refractivity contribution in [2.45, 2.75) is 19.4 Å². The van der Waals surface area contributed by atoms with E-state index in [0.717, 1.165) is 11.3 Å². The van der Waals surface area contributed by atoms with Gasteiger partial charge >= 0.3 is 0 Å². The molecule has 1 aromatic carbocycles. The van der Waals surface area contributed by atoms with Crippen LogP contribution >= 0.6 is 0 Å². The zero-order chi connectivity index (χ0) is 9.90. The monoisotopic (exact) mass is 182 g/mol. The third kappa shape index (κ3) is 2.20. The minimum atomic E-state index is -0.700. The maximum Gasteiger partial charge on any atom is 0.123 e. The summed E-state index contributed by atoms with van der Waals surface area (Å²) in [5.74, 6) is 0.752. The number of ether oxygens (including phenoxy) is 1. The van der Waals surface area contributed by atoms with Crippen molar-refractivity contribution in [1.82, 2.24) is 0 Å². The first-order valence-corrected chi connectivity index (χ1v) is 4.07. The van der Waals surface area contributed by atoms with Gasteiger partial charge in [-0.15, -0.1) is 0 Å². The molecule has 0 aliphatic carbocycles. The summed E-state index contributed by atoms with van der Waals surface area (Å²) in [5.41, 5.74) is 0.170. The number of hydrogen-bond acceptors (Lipinski definition) is 3. The third-order valence-electron chi connectivity index (χ3n) is 1.99. The van der Waals surface area contributed by atoms with Crippen molar-refractivity contribution in [2.75, 3.05) is 7.11 Å². The van der Waals surface area contributed by atoms with E-state index in [2.05, 4.69) is 4.89 Å². The van der Waals surface area contributed by atoms with Crippen LogP contribution in [0.3, 0.4) is 0 Å². The molecule has 1 N–H and O–H groups in total. The molecular weight excluding hydrogens is 168 g/mol. The van der Waals surface area contributed by atoms with Crippen LogP contribution in [-0.4, -0.2) is 12.4 Å². The van der Waals surface area contributed by atoms with E-state index in [4.69, 9.17) is 9.99 Å². The first-order chi connectivity index (χ1) is 6.10. The summed E-state index contributed by atoms with van der Waals surface area (Å²) in [7, 11) is 1.60. The molecule has 0 aliphatic heterocycles. The number of rotatable bonds is 3. The second kappa shape index (κ2) is 3.77. The molecule has 3 heteroatoms. The van der Waals surface area contributed by atoms with Gasteiger partial charge in [-0.2, -0.15) is 0 Å². The van der Waals surface area contributed by atoms with Crippen LogP contribution in [0.25, 0.3) is 0 Å². The smallest absolute Gasteiger partial charge is 0.123 e. The van der Waals surface area contributed by atoms with Gasteiger partial charge in [-0.05, 0) is 31.5 Å². The van der Waals surface area contributed by atoms with Gasteiger partial charge < -0.3 is 4.74 Å². The zero-order valence-electron chi connectivity index (χ0n) is 8.07. The molecule has 72 valence electrons. The van der Waals surface area contributed by atoms with Gasteiger partial charge in [-0.1, -0.05) is 12.1 Å². The Morgan fingerprint density at radius 2 is 2.00 bits per heavy atom. The van der Waals surface area contributed by atoms with Crippen LogP contribution < -0.4 is 4.74 Å². The molecule has 0 unspecified atom stereocenters. The van der Waals surface area contributed by atoms with Crippen molar-refractivity contribution in [2.24, 2.45) is 0 Å². The summed E-state index contributed by atoms with van der Waals surface area (Å²) in [5, 5.41) is 8.67. The lowest BCUT2D eigenvalue weighted by Crippen LogP contribution is -2.19. The molecule has 0 saturated heterocycles. The highest BCUT2D eigenvalue weighted by Crippen LogP contribution is 2.26. The maximum absolute atomic E-state index is 8.67. The lowest BCUT2D eigenvalue weighted by molar-refractivity contribution is -0.318. The minimum absolute atomic E-state index is 0.700. The fraction of sp³-hybridized carbons (Fsp3) is 0.400. The average molecular weight is 182 g/mol. The molecule has 0 heterocycles. The lowest BCUT2D eigenvalue weighted by atomic mass is 9.98. The second-order valence-corrected chi connectivity index (χ2v) is 3.33. The fourth-order valence-corrected chi connectivity index (χ4v) is 1.05. The molecule has 1 rings (SSSR count). The molecule has 3 nitrogen and oxygen atoms in total. The van der Waals surface area contributed by atoms with Gasteiger partial charge in [-0.25, -0.2) is 4.89 Å². The average Bonchev–Trinajstić information content (AvgIpc) is 2.18. The van der Waals surface area contributed by atoms with Crippen LogP contribution in [-0.2, 0) is 10.5 Å². The molecular formula is C10H14O3. The van der Waals surface area contributed by atoms with Crippen molar-refractivity contribution in [3.63, 3.8) is 0 Å². The Hall–Kier alpha value is -1.06. The van der Waals surface area contributed by atoms with Crippen LogP contribution in [0.4, 0.5) is 0 Å². The van der Waals surface area contributed by atoms with E-state index in [-0.39, 0.29) is 0 Å². The molecule has 0 bridgehead atoms. The van der Waals surface area contributed by atoms with Crippen molar-refractivity contribution < 1.29 is 14.9 Å². The quantitative estimate of drug-likeness (QED) is 0.576. The van der Waals surface area contributed by atoms with E-state index in [9.17, 15) is 0 Å².